The number of carbonyl (C=O) groups is 2. The van der Waals surface area contributed by atoms with E-state index in [0.29, 0.717) is 36.6 Å². The number of sulfonamides is 1. The molecule has 0 radical (unpaired) electrons. The molecule has 34 heavy (non-hydrogen) atoms. The maximum atomic E-state index is 12.6. The molecule has 9 nitrogen and oxygen atoms in total. The SMILES string of the molecule is CN(C)C(=NS(C)(=O)=O)c1ccc(N2CC(CNC(=O)c3cc4ccccc4[nH]3)CC2=O)cc1. The molecule has 178 valence electrons. The number of aromatic nitrogens is 1. The first-order valence-electron chi connectivity index (χ1n) is 10.8. The van der Waals surface area contributed by atoms with Crippen molar-refractivity contribution in [1.82, 2.24) is 15.2 Å². The van der Waals surface area contributed by atoms with Crippen LogP contribution < -0.4 is 10.2 Å². The average molecular weight is 482 g/mol. The van der Waals surface area contributed by atoms with Gasteiger partial charge in [-0.1, -0.05) is 18.2 Å². The Balaban J connectivity index is 1.40. The Morgan fingerprint density at radius 3 is 2.53 bits per heavy atom. The highest BCUT2D eigenvalue weighted by Crippen LogP contribution is 2.25. The summed E-state index contributed by atoms with van der Waals surface area (Å²) >= 11 is 0. The zero-order chi connectivity index (χ0) is 24.5. The first-order chi connectivity index (χ1) is 16.1. The van der Waals surface area contributed by atoms with Gasteiger partial charge in [0, 0.05) is 61.7 Å². The second-order valence-corrected chi connectivity index (χ2v) is 10.3. The minimum atomic E-state index is -3.55. The van der Waals surface area contributed by atoms with E-state index in [2.05, 4.69) is 14.7 Å². The monoisotopic (exact) mass is 481 g/mol. The number of hydrogen-bond acceptors (Lipinski definition) is 4. The number of aromatic amines is 1. The minimum Gasteiger partial charge on any atom is -0.362 e. The molecule has 0 aliphatic carbocycles. The van der Waals surface area contributed by atoms with Gasteiger partial charge in [0.2, 0.25) is 5.91 Å². The molecule has 0 bridgehead atoms. The maximum Gasteiger partial charge on any atom is 0.267 e. The molecule has 1 fully saturated rings. The highest BCUT2D eigenvalue weighted by Gasteiger charge is 2.31. The second-order valence-electron chi connectivity index (χ2n) is 8.64. The topological polar surface area (TPSA) is 115 Å². The maximum absolute atomic E-state index is 12.6. The minimum absolute atomic E-state index is 0.00959. The number of fused-ring (bicyclic) bond motifs is 1. The highest BCUT2D eigenvalue weighted by atomic mass is 32.2. The lowest BCUT2D eigenvalue weighted by Gasteiger charge is -2.19. The molecule has 2 amide bonds. The molecule has 4 rings (SSSR count). The Labute approximate surface area is 198 Å². The average Bonchev–Trinajstić information content (AvgIpc) is 3.38. The molecular weight excluding hydrogens is 454 g/mol. The molecule has 2 aromatic carbocycles. The fourth-order valence-corrected chi connectivity index (χ4v) is 4.62. The van der Waals surface area contributed by atoms with E-state index in [1.807, 2.05) is 30.3 Å². The fourth-order valence-electron chi connectivity index (χ4n) is 4.04. The molecule has 3 aromatic rings. The standard InChI is InChI=1S/C24H27N5O4S/c1-28(2)23(27-34(3,32)33)17-8-10-19(11-9-17)29-15-16(12-22(29)30)14-25-24(31)21-13-18-6-4-5-7-20(18)26-21/h4-11,13,16,26H,12,14-15H2,1-3H3,(H,25,31). The van der Waals surface area contributed by atoms with Gasteiger partial charge in [0.1, 0.15) is 11.5 Å². The number of anilines is 1. The van der Waals surface area contributed by atoms with Crippen molar-refractivity contribution in [3.8, 4) is 0 Å². The van der Waals surface area contributed by atoms with Crippen LogP contribution in [0.4, 0.5) is 5.69 Å². The Morgan fingerprint density at radius 2 is 1.88 bits per heavy atom. The summed E-state index contributed by atoms with van der Waals surface area (Å²) in [4.78, 5) is 31.6. The molecule has 0 saturated carbocycles. The summed E-state index contributed by atoms with van der Waals surface area (Å²) in [6.45, 7) is 0.878. The molecule has 2 heterocycles. The van der Waals surface area contributed by atoms with Crippen LogP contribution in [0.3, 0.4) is 0 Å². The zero-order valence-corrected chi connectivity index (χ0v) is 20.1. The second kappa shape index (κ2) is 9.30. The fraction of sp³-hybridized carbons (Fsp3) is 0.292. The van der Waals surface area contributed by atoms with Gasteiger partial charge >= 0.3 is 0 Å². The summed E-state index contributed by atoms with van der Waals surface area (Å²) in [7, 11) is -0.117. The molecule has 1 aliphatic rings. The number of hydrogen-bond donors (Lipinski definition) is 2. The van der Waals surface area contributed by atoms with Gasteiger partial charge in [-0.15, -0.1) is 4.40 Å². The lowest BCUT2D eigenvalue weighted by Crippen LogP contribution is -2.31. The van der Waals surface area contributed by atoms with E-state index in [0.717, 1.165) is 22.8 Å². The zero-order valence-electron chi connectivity index (χ0n) is 19.3. The summed E-state index contributed by atoms with van der Waals surface area (Å²) in [6.07, 6.45) is 1.39. The number of carbonyl (C=O) groups excluding carboxylic acids is 2. The van der Waals surface area contributed by atoms with Crippen LogP contribution in [-0.4, -0.2) is 69.4 Å². The van der Waals surface area contributed by atoms with Crippen LogP contribution in [0.5, 0.6) is 0 Å². The van der Waals surface area contributed by atoms with Crippen LogP contribution in [0.1, 0.15) is 22.5 Å². The van der Waals surface area contributed by atoms with Crippen LogP contribution in [0.25, 0.3) is 10.9 Å². The third-order valence-electron chi connectivity index (χ3n) is 5.64. The highest BCUT2D eigenvalue weighted by molar-refractivity contribution is 7.89. The van der Waals surface area contributed by atoms with Crippen molar-refractivity contribution < 1.29 is 18.0 Å². The number of benzene rings is 2. The quantitative estimate of drug-likeness (QED) is 0.414. The van der Waals surface area contributed by atoms with Crippen LogP contribution >= 0.6 is 0 Å². The van der Waals surface area contributed by atoms with Gasteiger partial charge in [-0.3, -0.25) is 9.59 Å². The van der Waals surface area contributed by atoms with Crippen molar-refractivity contribution in [2.24, 2.45) is 10.3 Å². The summed E-state index contributed by atoms with van der Waals surface area (Å²) in [5, 5.41) is 3.90. The van der Waals surface area contributed by atoms with Gasteiger partial charge in [0.05, 0.1) is 6.26 Å². The number of H-pyrrole nitrogens is 1. The van der Waals surface area contributed by atoms with E-state index in [9.17, 15) is 18.0 Å². The van der Waals surface area contributed by atoms with Gasteiger partial charge < -0.3 is 20.1 Å². The van der Waals surface area contributed by atoms with Gasteiger partial charge in [-0.05, 0) is 36.4 Å². The number of amides is 2. The summed E-state index contributed by atoms with van der Waals surface area (Å²) in [5.41, 5.74) is 2.74. The molecule has 1 saturated heterocycles. The predicted octanol–water partition coefficient (Wildman–Crippen LogP) is 2.22. The number of rotatable bonds is 6. The third kappa shape index (κ3) is 5.28. The van der Waals surface area contributed by atoms with Gasteiger partial charge in [-0.25, -0.2) is 8.42 Å². The van der Waals surface area contributed by atoms with Gasteiger partial charge in [-0.2, -0.15) is 0 Å². The van der Waals surface area contributed by atoms with Crippen molar-refractivity contribution in [3.63, 3.8) is 0 Å². The molecule has 10 heteroatoms. The number of nitrogens with zero attached hydrogens (tertiary/aromatic N) is 3. The van der Waals surface area contributed by atoms with Gasteiger partial charge in [0.15, 0.2) is 0 Å². The summed E-state index contributed by atoms with van der Waals surface area (Å²) in [5.74, 6) is 0.0899. The molecule has 0 spiro atoms. The van der Waals surface area contributed by atoms with Crippen molar-refractivity contribution in [2.45, 2.75) is 6.42 Å². The first-order valence-corrected chi connectivity index (χ1v) is 12.7. The van der Waals surface area contributed by atoms with Gasteiger partial charge in [0.25, 0.3) is 15.9 Å². The number of nitrogens with one attached hydrogen (secondary N) is 2. The molecule has 1 aliphatic heterocycles. The van der Waals surface area contributed by atoms with E-state index in [4.69, 9.17) is 0 Å². The third-order valence-corrected chi connectivity index (χ3v) is 6.15. The lowest BCUT2D eigenvalue weighted by molar-refractivity contribution is -0.117. The van der Waals surface area contributed by atoms with Crippen molar-refractivity contribution >= 4 is 44.3 Å². The Kier molecular flexibility index (Phi) is 6.43. The van der Waals surface area contributed by atoms with E-state index >= 15 is 0 Å². The Morgan fingerprint density at radius 1 is 1.18 bits per heavy atom. The van der Waals surface area contributed by atoms with E-state index in [1.54, 1.807) is 48.2 Å². The van der Waals surface area contributed by atoms with E-state index < -0.39 is 10.0 Å². The molecule has 1 aromatic heterocycles. The predicted molar refractivity (Wildman–Crippen MR) is 133 cm³/mol. The van der Waals surface area contributed by atoms with Crippen molar-refractivity contribution in [1.29, 1.82) is 0 Å². The Bertz CT molecular complexity index is 1330. The molecule has 1 atom stereocenters. The smallest absolute Gasteiger partial charge is 0.267 e. The van der Waals surface area contributed by atoms with E-state index in [1.165, 1.54) is 0 Å². The number of amidine groups is 1. The summed E-state index contributed by atoms with van der Waals surface area (Å²) in [6, 6.07) is 16.5. The molecule has 2 N–H and O–H groups in total. The normalized spacial score (nSPS) is 16.8. The van der Waals surface area contributed by atoms with Crippen LogP contribution in [0.15, 0.2) is 59.0 Å². The molecule has 1 unspecified atom stereocenters. The number of para-hydroxylation sites is 1. The van der Waals surface area contributed by atoms with Crippen molar-refractivity contribution in [3.05, 3.63) is 65.9 Å². The Hall–Kier alpha value is -3.66. The van der Waals surface area contributed by atoms with Crippen LogP contribution in [-0.2, 0) is 14.8 Å². The van der Waals surface area contributed by atoms with Crippen LogP contribution in [0.2, 0.25) is 0 Å². The van der Waals surface area contributed by atoms with E-state index in [-0.39, 0.29) is 17.7 Å². The molecular formula is C24H27N5O4S. The largest absolute Gasteiger partial charge is 0.362 e. The first kappa shape index (κ1) is 23.5. The summed E-state index contributed by atoms with van der Waals surface area (Å²) < 4.78 is 27.0. The lowest BCUT2D eigenvalue weighted by atomic mass is 10.1. The van der Waals surface area contributed by atoms with Crippen LogP contribution in [0, 0.1) is 5.92 Å². The van der Waals surface area contributed by atoms with Crippen molar-refractivity contribution in [2.75, 3.05) is 38.3 Å².